The zero-order chi connectivity index (χ0) is 18.8. The van der Waals surface area contributed by atoms with Crippen LogP contribution in [0.2, 0.25) is 0 Å². The van der Waals surface area contributed by atoms with Gasteiger partial charge in [0.1, 0.15) is 5.92 Å². The van der Waals surface area contributed by atoms with Crippen molar-refractivity contribution in [3.63, 3.8) is 0 Å². The van der Waals surface area contributed by atoms with Crippen LogP contribution in [0.4, 0.5) is 5.69 Å². The maximum absolute atomic E-state index is 12.1. The summed E-state index contributed by atoms with van der Waals surface area (Å²) in [5, 5.41) is 17.0. The minimum Gasteiger partial charge on any atom is -0.478 e. The summed E-state index contributed by atoms with van der Waals surface area (Å²) in [6, 6.07) is 9.17. The van der Waals surface area contributed by atoms with E-state index in [9.17, 15) is 19.2 Å². The van der Waals surface area contributed by atoms with E-state index in [0.29, 0.717) is 24.3 Å². The minimum absolute atomic E-state index is 0.144. The molecule has 0 spiro atoms. The molecule has 1 aromatic carbocycles. The highest BCUT2D eigenvalue weighted by molar-refractivity contribution is 6.14. The maximum Gasteiger partial charge on any atom is 0.328 e. The van der Waals surface area contributed by atoms with Gasteiger partial charge in [0.2, 0.25) is 0 Å². The van der Waals surface area contributed by atoms with E-state index in [0.717, 1.165) is 12.8 Å². The first kappa shape index (κ1) is 19.9. The molecule has 0 bridgehead atoms. The van der Waals surface area contributed by atoms with Crippen molar-refractivity contribution in [2.24, 2.45) is 5.92 Å². The number of unbranched alkanes of at least 4 members (excludes halogenated alkanes) is 1. The lowest BCUT2D eigenvalue weighted by Crippen LogP contribution is -2.35. The van der Waals surface area contributed by atoms with E-state index in [1.165, 1.54) is 5.01 Å². The van der Waals surface area contributed by atoms with Gasteiger partial charge in [-0.15, -0.1) is 0 Å². The number of benzene rings is 1. The molecule has 1 aliphatic rings. The molecule has 1 aliphatic heterocycles. The summed E-state index contributed by atoms with van der Waals surface area (Å²) in [5.41, 5.74) is 3.34. The van der Waals surface area contributed by atoms with Crippen molar-refractivity contribution >= 4 is 29.4 Å². The van der Waals surface area contributed by atoms with E-state index in [1.54, 1.807) is 12.1 Å². The number of rotatable bonds is 6. The van der Waals surface area contributed by atoms with Crippen LogP contribution >= 0.6 is 0 Å². The Morgan fingerprint density at radius 3 is 2.16 bits per heavy atom. The Morgan fingerprint density at radius 2 is 1.68 bits per heavy atom. The molecule has 0 saturated carbocycles. The van der Waals surface area contributed by atoms with Crippen molar-refractivity contribution in [3.8, 4) is 0 Å². The number of hydrogen-bond acceptors (Lipinski definition) is 4. The Morgan fingerprint density at radius 1 is 1.12 bits per heavy atom. The molecule has 2 amide bonds. The fourth-order valence-corrected chi connectivity index (χ4v) is 2.09. The van der Waals surface area contributed by atoms with Gasteiger partial charge in [0.05, 0.1) is 5.69 Å². The van der Waals surface area contributed by atoms with Gasteiger partial charge in [0.15, 0.2) is 0 Å². The third kappa shape index (κ3) is 6.46. The van der Waals surface area contributed by atoms with E-state index in [-0.39, 0.29) is 11.8 Å². The molecule has 1 heterocycles. The lowest BCUT2D eigenvalue weighted by Gasteiger charge is -2.14. The second-order valence-corrected chi connectivity index (χ2v) is 5.19. The second-order valence-electron chi connectivity index (χ2n) is 5.19. The van der Waals surface area contributed by atoms with Crippen molar-refractivity contribution in [2.45, 2.75) is 26.2 Å². The third-order valence-electron chi connectivity index (χ3n) is 3.29. The Kier molecular flexibility index (Phi) is 7.85. The average molecular weight is 348 g/mol. The molecule has 134 valence electrons. The number of hydrazine groups is 1. The fraction of sp³-hybridized carbons (Fsp3) is 0.294. The molecule has 0 aromatic heterocycles. The van der Waals surface area contributed by atoms with Gasteiger partial charge in [-0.2, -0.15) is 0 Å². The van der Waals surface area contributed by atoms with E-state index in [1.807, 2.05) is 25.1 Å². The number of para-hydroxylation sites is 1. The van der Waals surface area contributed by atoms with E-state index in [4.69, 9.17) is 10.2 Å². The van der Waals surface area contributed by atoms with Crippen LogP contribution < -0.4 is 10.4 Å². The highest BCUT2D eigenvalue weighted by atomic mass is 16.4. The predicted molar refractivity (Wildman–Crippen MR) is 89.5 cm³/mol. The SMILES string of the molecule is CCCCC1C(=O)NN(c2ccccc2)C1=O.O=C(O)/C=C/C(=O)O. The molecule has 25 heavy (non-hydrogen) atoms. The number of anilines is 1. The Balaban J connectivity index is 0.000000333. The topological polar surface area (TPSA) is 124 Å². The molecular weight excluding hydrogens is 328 g/mol. The number of carbonyl (C=O) groups is 4. The van der Waals surface area contributed by atoms with Crippen LogP contribution in [0.5, 0.6) is 0 Å². The number of carbonyl (C=O) groups excluding carboxylic acids is 2. The smallest absolute Gasteiger partial charge is 0.328 e. The Labute approximate surface area is 144 Å². The highest BCUT2D eigenvalue weighted by Gasteiger charge is 2.39. The zero-order valence-corrected chi connectivity index (χ0v) is 13.7. The maximum atomic E-state index is 12.1. The van der Waals surface area contributed by atoms with Gasteiger partial charge < -0.3 is 10.2 Å². The normalized spacial score (nSPS) is 16.4. The number of nitrogens with zero attached hydrogens (tertiary/aromatic N) is 1. The van der Waals surface area contributed by atoms with E-state index >= 15 is 0 Å². The van der Waals surface area contributed by atoms with Crippen molar-refractivity contribution in [2.75, 3.05) is 5.01 Å². The second kappa shape index (κ2) is 9.86. The molecule has 2 rings (SSSR count). The van der Waals surface area contributed by atoms with Crippen molar-refractivity contribution in [1.82, 2.24) is 5.43 Å². The van der Waals surface area contributed by atoms with Gasteiger partial charge in [-0.1, -0.05) is 38.0 Å². The summed E-state index contributed by atoms with van der Waals surface area (Å²) in [5.74, 6) is -3.36. The molecule has 1 atom stereocenters. The quantitative estimate of drug-likeness (QED) is 0.530. The molecule has 1 fully saturated rings. The summed E-state index contributed by atoms with van der Waals surface area (Å²) in [4.78, 5) is 42.9. The van der Waals surface area contributed by atoms with Gasteiger partial charge in [-0.3, -0.25) is 15.0 Å². The minimum atomic E-state index is -1.26. The number of hydrogen-bond donors (Lipinski definition) is 3. The number of carboxylic acid groups (broad SMARTS) is 2. The summed E-state index contributed by atoms with van der Waals surface area (Å²) < 4.78 is 0. The zero-order valence-electron chi connectivity index (χ0n) is 13.7. The molecule has 0 aliphatic carbocycles. The van der Waals surface area contributed by atoms with E-state index < -0.39 is 17.9 Å². The third-order valence-corrected chi connectivity index (χ3v) is 3.29. The number of aliphatic carboxylic acids is 2. The molecule has 1 saturated heterocycles. The standard InChI is InChI=1S/C13H16N2O2.C4H4O4/c1-2-3-9-11-12(16)14-15(13(11)17)10-7-5-4-6-8-10;5-3(6)1-2-4(7)8/h4-8,11H,2-3,9H2,1H3,(H,14,16);1-2H,(H,5,6)(H,7,8)/b;2-1+. The summed E-state index contributed by atoms with van der Waals surface area (Å²) in [6.07, 6.45) is 3.63. The summed E-state index contributed by atoms with van der Waals surface area (Å²) in [7, 11) is 0. The molecule has 3 N–H and O–H groups in total. The molecule has 1 unspecified atom stereocenters. The summed E-state index contributed by atoms with van der Waals surface area (Å²) >= 11 is 0. The number of carboxylic acids is 2. The number of amides is 2. The molecule has 0 radical (unpaired) electrons. The molecule has 8 nitrogen and oxygen atoms in total. The summed E-state index contributed by atoms with van der Waals surface area (Å²) in [6.45, 7) is 2.05. The first-order valence-electron chi connectivity index (χ1n) is 7.70. The average Bonchev–Trinajstić information content (AvgIpc) is 2.87. The highest BCUT2D eigenvalue weighted by Crippen LogP contribution is 2.22. The van der Waals surface area contributed by atoms with Gasteiger partial charge in [-0.25, -0.2) is 14.6 Å². The van der Waals surface area contributed by atoms with Crippen LogP contribution in [0.3, 0.4) is 0 Å². The van der Waals surface area contributed by atoms with Gasteiger partial charge in [0.25, 0.3) is 11.8 Å². The number of nitrogens with one attached hydrogen (secondary N) is 1. The Bertz CT molecular complexity index is 640. The van der Waals surface area contributed by atoms with Gasteiger partial charge in [0, 0.05) is 12.2 Å². The van der Waals surface area contributed by atoms with Crippen molar-refractivity contribution in [1.29, 1.82) is 0 Å². The van der Waals surface area contributed by atoms with Gasteiger partial charge >= 0.3 is 11.9 Å². The van der Waals surface area contributed by atoms with Crippen LogP contribution in [-0.2, 0) is 19.2 Å². The molecule has 8 heteroatoms. The van der Waals surface area contributed by atoms with Crippen molar-refractivity contribution < 1.29 is 29.4 Å². The van der Waals surface area contributed by atoms with Crippen molar-refractivity contribution in [3.05, 3.63) is 42.5 Å². The monoisotopic (exact) mass is 348 g/mol. The van der Waals surface area contributed by atoms with Gasteiger partial charge in [-0.05, 0) is 18.6 Å². The van der Waals surface area contributed by atoms with Crippen LogP contribution in [0.15, 0.2) is 42.5 Å². The first-order chi connectivity index (χ1) is 11.9. The Hall–Kier alpha value is -3.16. The van der Waals surface area contributed by atoms with Crippen LogP contribution in [0.25, 0.3) is 0 Å². The molecular formula is C17H20N2O6. The molecule has 1 aromatic rings. The lowest BCUT2D eigenvalue weighted by molar-refractivity contribution is -0.134. The van der Waals surface area contributed by atoms with Crippen LogP contribution in [0.1, 0.15) is 26.2 Å². The van der Waals surface area contributed by atoms with Crippen LogP contribution in [-0.4, -0.2) is 34.0 Å². The first-order valence-corrected chi connectivity index (χ1v) is 7.70. The largest absolute Gasteiger partial charge is 0.478 e. The lowest BCUT2D eigenvalue weighted by atomic mass is 10.0. The van der Waals surface area contributed by atoms with Crippen LogP contribution in [0, 0.1) is 5.92 Å². The fourth-order valence-electron chi connectivity index (χ4n) is 2.09. The predicted octanol–water partition coefficient (Wildman–Crippen LogP) is 1.58. The van der Waals surface area contributed by atoms with E-state index in [2.05, 4.69) is 5.43 Å².